The molecule has 0 bridgehead atoms. The van der Waals surface area contributed by atoms with E-state index in [9.17, 15) is 9.90 Å². The second kappa shape index (κ2) is 6.05. The largest absolute Gasteiger partial charge is 0.508 e. The lowest BCUT2D eigenvalue weighted by Gasteiger charge is -2.23. The first-order valence-corrected chi connectivity index (χ1v) is 8.06. The summed E-state index contributed by atoms with van der Waals surface area (Å²) in [5.41, 5.74) is 1.69. The fourth-order valence-electron chi connectivity index (χ4n) is 2.39. The molecule has 0 heterocycles. The third-order valence-electron chi connectivity index (χ3n) is 3.58. The number of benzene rings is 2. The minimum atomic E-state index is 0.0689. The number of aromatic hydroxyl groups is 1. The Morgan fingerprint density at radius 3 is 2.62 bits per heavy atom. The van der Waals surface area contributed by atoms with E-state index in [4.69, 9.17) is 0 Å². The van der Waals surface area contributed by atoms with Crippen molar-refractivity contribution in [2.24, 2.45) is 0 Å². The monoisotopic (exact) mass is 393 g/mol. The number of carbonyl (C=O) groups excluding carboxylic acids is 1. The van der Waals surface area contributed by atoms with E-state index >= 15 is 0 Å². The summed E-state index contributed by atoms with van der Waals surface area (Å²) >= 11 is 2.22. The first-order valence-electron chi connectivity index (χ1n) is 6.98. The van der Waals surface area contributed by atoms with Crippen LogP contribution in [-0.2, 0) is 6.54 Å². The number of hydrogen-bond acceptors (Lipinski definition) is 2. The molecule has 4 heteroatoms. The van der Waals surface area contributed by atoms with E-state index in [1.807, 2.05) is 41.3 Å². The van der Waals surface area contributed by atoms with Gasteiger partial charge in [0.15, 0.2) is 0 Å². The van der Waals surface area contributed by atoms with Crippen LogP contribution < -0.4 is 0 Å². The van der Waals surface area contributed by atoms with E-state index in [1.165, 1.54) is 0 Å². The third-order valence-corrected chi connectivity index (χ3v) is 4.25. The van der Waals surface area contributed by atoms with Crippen LogP contribution in [0.25, 0.3) is 0 Å². The predicted molar refractivity (Wildman–Crippen MR) is 90.2 cm³/mol. The van der Waals surface area contributed by atoms with Crippen LogP contribution in [0.15, 0.2) is 48.5 Å². The van der Waals surface area contributed by atoms with Crippen molar-refractivity contribution in [1.29, 1.82) is 0 Å². The van der Waals surface area contributed by atoms with Gasteiger partial charge in [-0.15, -0.1) is 0 Å². The van der Waals surface area contributed by atoms with Gasteiger partial charge in [-0.25, -0.2) is 0 Å². The molecule has 0 spiro atoms. The molecular formula is C17H16INO2. The highest BCUT2D eigenvalue weighted by Gasteiger charge is 2.33. The average molecular weight is 393 g/mol. The predicted octanol–water partition coefficient (Wildman–Crippen LogP) is 3.80. The van der Waals surface area contributed by atoms with Crippen LogP contribution in [0.5, 0.6) is 5.75 Å². The molecule has 0 saturated heterocycles. The first-order chi connectivity index (χ1) is 10.1. The highest BCUT2D eigenvalue weighted by molar-refractivity contribution is 14.1. The lowest BCUT2D eigenvalue weighted by Crippen LogP contribution is -2.32. The van der Waals surface area contributed by atoms with E-state index in [-0.39, 0.29) is 11.7 Å². The van der Waals surface area contributed by atoms with Gasteiger partial charge < -0.3 is 10.0 Å². The average Bonchev–Trinajstić information content (AvgIpc) is 3.29. The van der Waals surface area contributed by atoms with Crippen LogP contribution >= 0.6 is 22.6 Å². The van der Waals surface area contributed by atoms with Crippen LogP contribution in [0.1, 0.15) is 28.8 Å². The molecule has 0 radical (unpaired) electrons. The van der Waals surface area contributed by atoms with E-state index < -0.39 is 0 Å². The Morgan fingerprint density at radius 2 is 1.95 bits per heavy atom. The zero-order valence-electron chi connectivity index (χ0n) is 11.5. The van der Waals surface area contributed by atoms with Gasteiger partial charge in [-0.1, -0.05) is 18.2 Å². The van der Waals surface area contributed by atoms with Gasteiger partial charge in [0, 0.05) is 21.7 Å². The molecule has 3 nitrogen and oxygen atoms in total. The summed E-state index contributed by atoms with van der Waals surface area (Å²) in [5, 5.41) is 9.57. The molecule has 1 amide bonds. The van der Waals surface area contributed by atoms with E-state index in [2.05, 4.69) is 22.6 Å². The first kappa shape index (κ1) is 14.4. The topological polar surface area (TPSA) is 40.5 Å². The van der Waals surface area contributed by atoms with Crippen LogP contribution in [0.4, 0.5) is 0 Å². The van der Waals surface area contributed by atoms with Gasteiger partial charge in [-0.05, 0) is 71.3 Å². The zero-order valence-corrected chi connectivity index (χ0v) is 13.7. The normalized spacial score (nSPS) is 14.0. The van der Waals surface area contributed by atoms with E-state index in [1.54, 1.807) is 12.1 Å². The van der Waals surface area contributed by atoms with Gasteiger partial charge in [0.05, 0.1) is 0 Å². The summed E-state index contributed by atoms with van der Waals surface area (Å²) in [6, 6.07) is 15.1. The molecule has 0 aliphatic heterocycles. The third kappa shape index (κ3) is 3.56. The number of phenols is 1. The maximum absolute atomic E-state index is 12.7. The van der Waals surface area contributed by atoms with E-state index in [0.29, 0.717) is 12.6 Å². The molecule has 1 aliphatic rings. The van der Waals surface area contributed by atoms with Crippen molar-refractivity contribution in [2.45, 2.75) is 25.4 Å². The number of carbonyl (C=O) groups is 1. The van der Waals surface area contributed by atoms with Gasteiger partial charge in [0.25, 0.3) is 5.91 Å². The Hall–Kier alpha value is -1.56. The van der Waals surface area contributed by atoms with E-state index in [0.717, 1.165) is 27.5 Å². The van der Waals surface area contributed by atoms with Gasteiger partial charge >= 0.3 is 0 Å². The second-order valence-electron chi connectivity index (χ2n) is 5.34. The van der Waals surface area contributed by atoms with Crippen molar-refractivity contribution in [3.63, 3.8) is 0 Å². The number of amides is 1. The number of halogens is 1. The maximum Gasteiger partial charge on any atom is 0.254 e. The maximum atomic E-state index is 12.7. The Labute approximate surface area is 137 Å². The second-order valence-corrected chi connectivity index (χ2v) is 6.59. The summed E-state index contributed by atoms with van der Waals surface area (Å²) in [4.78, 5) is 14.6. The molecule has 1 fully saturated rings. The molecule has 0 atom stereocenters. The number of phenolic OH excluding ortho intramolecular Hbond substituents is 1. The van der Waals surface area contributed by atoms with Crippen molar-refractivity contribution >= 4 is 28.5 Å². The Morgan fingerprint density at radius 1 is 1.19 bits per heavy atom. The smallest absolute Gasteiger partial charge is 0.254 e. The van der Waals surface area contributed by atoms with Crippen molar-refractivity contribution in [3.8, 4) is 5.75 Å². The molecule has 21 heavy (non-hydrogen) atoms. The molecule has 2 aromatic carbocycles. The molecule has 0 aromatic heterocycles. The molecule has 1 aliphatic carbocycles. The van der Waals surface area contributed by atoms with Crippen LogP contribution in [0, 0.1) is 3.57 Å². The minimum Gasteiger partial charge on any atom is -0.508 e. The Balaban J connectivity index is 1.83. The standard InChI is InChI=1S/C17H16INO2/c18-14-5-2-4-13(10-14)17(21)19(15-7-8-15)11-12-3-1-6-16(20)9-12/h1-6,9-10,15,20H,7-8,11H2. The number of rotatable bonds is 4. The fraction of sp³-hybridized carbons (Fsp3) is 0.235. The van der Waals surface area contributed by atoms with Crippen molar-refractivity contribution in [1.82, 2.24) is 4.90 Å². The molecule has 3 rings (SSSR count). The number of hydrogen-bond donors (Lipinski definition) is 1. The minimum absolute atomic E-state index is 0.0689. The van der Waals surface area contributed by atoms with Gasteiger partial charge in [0.2, 0.25) is 0 Å². The fourth-order valence-corrected chi connectivity index (χ4v) is 2.93. The summed E-state index contributed by atoms with van der Waals surface area (Å²) in [6.45, 7) is 0.545. The van der Waals surface area contributed by atoms with Crippen molar-refractivity contribution in [3.05, 3.63) is 63.2 Å². The number of nitrogens with zero attached hydrogens (tertiary/aromatic N) is 1. The van der Waals surface area contributed by atoms with Crippen LogP contribution in [0.3, 0.4) is 0 Å². The highest BCUT2D eigenvalue weighted by atomic mass is 127. The molecule has 2 aromatic rings. The molecule has 0 unspecified atom stereocenters. The van der Waals surface area contributed by atoms with Crippen molar-refractivity contribution < 1.29 is 9.90 Å². The Bertz CT molecular complexity index is 667. The quantitative estimate of drug-likeness (QED) is 0.803. The van der Waals surface area contributed by atoms with Gasteiger partial charge in [-0.2, -0.15) is 0 Å². The lowest BCUT2D eigenvalue weighted by atomic mass is 10.1. The molecule has 1 saturated carbocycles. The van der Waals surface area contributed by atoms with Gasteiger partial charge in [-0.3, -0.25) is 4.79 Å². The van der Waals surface area contributed by atoms with Crippen LogP contribution in [0.2, 0.25) is 0 Å². The summed E-state index contributed by atoms with van der Waals surface area (Å²) < 4.78 is 1.06. The zero-order chi connectivity index (χ0) is 14.8. The van der Waals surface area contributed by atoms with Crippen LogP contribution in [-0.4, -0.2) is 22.0 Å². The van der Waals surface area contributed by atoms with Gasteiger partial charge in [0.1, 0.15) is 5.75 Å². The van der Waals surface area contributed by atoms with Crippen molar-refractivity contribution in [2.75, 3.05) is 0 Å². The summed E-state index contributed by atoms with van der Waals surface area (Å²) in [5.74, 6) is 0.310. The SMILES string of the molecule is O=C(c1cccc(I)c1)N(Cc1cccc(O)c1)C1CC1. The molecule has 1 N–H and O–H groups in total. The summed E-state index contributed by atoms with van der Waals surface area (Å²) in [6.07, 6.45) is 2.13. The molecule has 108 valence electrons. The summed E-state index contributed by atoms with van der Waals surface area (Å²) in [7, 11) is 0. The lowest BCUT2D eigenvalue weighted by molar-refractivity contribution is 0.0729. The Kier molecular flexibility index (Phi) is 4.14. The highest BCUT2D eigenvalue weighted by Crippen LogP contribution is 2.30. The molecular weight excluding hydrogens is 377 g/mol.